The zero-order chi connectivity index (χ0) is 14.8. The molecule has 0 saturated carbocycles. The topological polar surface area (TPSA) is 42.2 Å². The first-order valence-electron chi connectivity index (χ1n) is 6.97. The van der Waals surface area contributed by atoms with Crippen molar-refractivity contribution in [2.45, 2.75) is 19.9 Å². The molecule has 0 aliphatic heterocycles. The van der Waals surface area contributed by atoms with Gasteiger partial charge in [0, 0.05) is 18.3 Å². The van der Waals surface area contributed by atoms with Crippen molar-refractivity contribution < 1.29 is 9.90 Å². The second-order valence-electron chi connectivity index (χ2n) is 5.39. The molecule has 3 rings (SSSR count). The van der Waals surface area contributed by atoms with Gasteiger partial charge >= 0.3 is 5.97 Å². The lowest BCUT2D eigenvalue weighted by Gasteiger charge is -2.07. The normalized spacial score (nSPS) is 10.9. The number of carboxylic acids is 1. The third-order valence-electron chi connectivity index (χ3n) is 3.66. The van der Waals surface area contributed by atoms with E-state index >= 15 is 0 Å². The Kier molecular flexibility index (Phi) is 3.48. The van der Waals surface area contributed by atoms with Gasteiger partial charge in [-0.2, -0.15) is 0 Å². The predicted molar refractivity (Wildman–Crippen MR) is 83.6 cm³/mol. The van der Waals surface area contributed by atoms with Gasteiger partial charge in [0.15, 0.2) is 0 Å². The van der Waals surface area contributed by atoms with Gasteiger partial charge in [-0.1, -0.05) is 35.9 Å². The van der Waals surface area contributed by atoms with Gasteiger partial charge in [-0.25, -0.2) is 0 Å². The van der Waals surface area contributed by atoms with Crippen molar-refractivity contribution >= 4 is 16.9 Å². The van der Waals surface area contributed by atoms with E-state index in [-0.39, 0.29) is 6.42 Å². The van der Waals surface area contributed by atoms with Crippen LogP contribution in [0.25, 0.3) is 10.9 Å². The summed E-state index contributed by atoms with van der Waals surface area (Å²) in [6.07, 6.45) is 2.17. The number of carbonyl (C=O) groups is 1. The minimum atomic E-state index is -0.797. The highest BCUT2D eigenvalue weighted by molar-refractivity contribution is 5.80. The third-order valence-corrected chi connectivity index (χ3v) is 3.66. The number of aliphatic carboxylic acids is 1. The number of hydrogen-bond acceptors (Lipinski definition) is 1. The number of fused-ring (bicyclic) bond motifs is 1. The second-order valence-corrected chi connectivity index (χ2v) is 5.39. The Balaban J connectivity index is 1.83. The first-order valence-corrected chi connectivity index (χ1v) is 6.97. The lowest BCUT2D eigenvalue weighted by molar-refractivity contribution is -0.136. The largest absolute Gasteiger partial charge is 0.481 e. The van der Waals surface area contributed by atoms with Crippen molar-refractivity contribution in [3.8, 4) is 0 Å². The first-order chi connectivity index (χ1) is 10.1. The minimum absolute atomic E-state index is 0.0754. The van der Waals surface area contributed by atoms with Crippen LogP contribution in [0.3, 0.4) is 0 Å². The summed E-state index contributed by atoms with van der Waals surface area (Å²) in [6, 6.07) is 16.3. The van der Waals surface area contributed by atoms with Crippen LogP contribution in [0.5, 0.6) is 0 Å². The van der Waals surface area contributed by atoms with Crippen LogP contribution < -0.4 is 0 Å². The molecule has 0 aliphatic carbocycles. The number of hydrogen-bond donors (Lipinski definition) is 1. The highest BCUT2D eigenvalue weighted by Crippen LogP contribution is 2.19. The quantitative estimate of drug-likeness (QED) is 0.792. The average molecular weight is 279 g/mol. The van der Waals surface area contributed by atoms with Crippen LogP contribution >= 0.6 is 0 Å². The van der Waals surface area contributed by atoms with Crippen molar-refractivity contribution in [3.05, 3.63) is 71.4 Å². The molecule has 0 fully saturated rings. The molecule has 1 N–H and O–H groups in total. The number of rotatable bonds is 4. The molecule has 3 aromatic rings. The van der Waals surface area contributed by atoms with Gasteiger partial charge in [-0.05, 0) is 41.6 Å². The zero-order valence-electron chi connectivity index (χ0n) is 11.9. The van der Waals surface area contributed by atoms with Gasteiger partial charge in [0.25, 0.3) is 0 Å². The molecule has 0 bridgehead atoms. The summed E-state index contributed by atoms with van der Waals surface area (Å²) in [5.41, 5.74) is 4.48. The van der Waals surface area contributed by atoms with Crippen molar-refractivity contribution in [2.75, 3.05) is 0 Å². The summed E-state index contributed by atoms with van der Waals surface area (Å²) >= 11 is 0. The third kappa shape index (κ3) is 2.97. The van der Waals surface area contributed by atoms with Crippen molar-refractivity contribution in [2.24, 2.45) is 0 Å². The number of aryl methyl sites for hydroxylation is 1. The molecule has 0 unspecified atom stereocenters. The molecule has 1 aromatic heterocycles. The van der Waals surface area contributed by atoms with Crippen molar-refractivity contribution in [1.82, 2.24) is 4.57 Å². The Hall–Kier alpha value is -2.55. The number of nitrogens with zero attached hydrogens (tertiary/aromatic N) is 1. The van der Waals surface area contributed by atoms with Crippen LogP contribution in [0.2, 0.25) is 0 Å². The van der Waals surface area contributed by atoms with E-state index in [0.717, 1.165) is 12.1 Å². The summed E-state index contributed by atoms with van der Waals surface area (Å²) in [7, 11) is 0. The lowest BCUT2D eigenvalue weighted by atomic mass is 10.1. The highest BCUT2D eigenvalue weighted by Gasteiger charge is 2.03. The Morgan fingerprint density at radius 1 is 1.05 bits per heavy atom. The first kappa shape index (κ1) is 13.4. The Morgan fingerprint density at radius 2 is 1.76 bits per heavy atom. The molecule has 0 saturated heterocycles. The monoisotopic (exact) mass is 279 g/mol. The fraction of sp³-hybridized carbons (Fsp3) is 0.167. The summed E-state index contributed by atoms with van der Waals surface area (Å²) in [6.45, 7) is 2.89. The number of carboxylic acid groups (broad SMARTS) is 1. The van der Waals surface area contributed by atoms with E-state index in [0.29, 0.717) is 0 Å². The van der Waals surface area contributed by atoms with Crippen LogP contribution in [0.4, 0.5) is 0 Å². The minimum Gasteiger partial charge on any atom is -0.481 e. The Bertz CT molecular complexity index is 785. The van der Waals surface area contributed by atoms with Gasteiger partial charge in [0.05, 0.1) is 6.42 Å². The van der Waals surface area contributed by atoms with Crippen LogP contribution in [0.15, 0.2) is 54.7 Å². The Labute approximate surface area is 123 Å². The fourth-order valence-electron chi connectivity index (χ4n) is 2.59. The van der Waals surface area contributed by atoms with Gasteiger partial charge < -0.3 is 9.67 Å². The molecule has 3 nitrogen and oxygen atoms in total. The molecular formula is C18H17NO2. The smallest absolute Gasteiger partial charge is 0.307 e. The van der Waals surface area contributed by atoms with Gasteiger partial charge in [0.2, 0.25) is 0 Å². The van der Waals surface area contributed by atoms with E-state index in [2.05, 4.69) is 42.0 Å². The van der Waals surface area contributed by atoms with Crippen molar-refractivity contribution in [1.29, 1.82) is 0 Å². The summed E-state index contributed by atoms with van der Waals surface area (Å²) < 4.78 is 2.21. The maximum atomic E-state index is 10.7. The molecule has 3 heteroatoms. The molecule has 106 valence electrons. The molecule has 0 aliphatic rings. The second kappa shape index (κ2) is 5.44. The van der Waals surface area contributed by atoms with E-state index in [1.165, 1.54) is 22.0 Å². The SMILES string of the molecule is Cc1ccc2c(ccn2Cc2ccc(CC(=O)O)cc2)c1. The standard InChI is InChI=1S/C18H17NO2/c1-13-2-7-17-16(10-13)8-9-19(17)12-15-5-3-14(4-6-15)11-18(20)21/h2-10H,11-12H2,1H3,(H,20,21). The molecule has 2 aromatic carbocycles. The molecule has 0 amide bonds. The molecule has 21 heavy (non-hydrogen) atoms. The van der Waals surface area contributed by atoms with Crippen molar-refractivity contribution in [3.63, 3.8) is 0 Å². The Morgan fingerprint density at radius 3 is 2.48 bits per heavy atom. The molecule has 0 spiro atoms. The highest BCUT2D eigenvalue weighted by atomic mass is 16.4. The zero-order valence-corrected chi connectivity index (χ0v) is 11.9. The van der Waals surface area contributed by atoms with Gasteiger partial charge in [-0.15, -0.1) is 0 Å². The molecular weight excluding hydrogens is 262 g/mol. The van der Waals surface area contributed by atoms with Crippen LogP contribution in [-0.4, -0.2) is 15.6 Å². The van der Waals surface area contributed by atoms with Crippen LogP contribution in [-0.2, 0) is 17.8 Å². The van der Waals surface area contributed by atoms with E-state index in [9.17, 15) is 4.79 Å². The maximum Gasteiger partial charge on any atom is 0.307 e. The average Bonchev–Trinajstić information content (AvgIpc) is 2.83. The van der Waals surface area contributed by atoms with Gasteiger partial charge in [0.1, 0.15) is 0 Å². The van der Waals surface area contributed by atoms with Crippen LogP contribution in [0, 0.1) is 6.92 Å². The van der Waals surface area contributed by atoms with E-state index in [1.807, 2.05) is 24.3 Å². The van der Waals surface area contributed by atoms with Gasteiger partial charge in [-0.3, -0.25) is 4.79 Å². The maximum absolute atomic E-state index is 10.7. The predicted octanol–water partition coefficient (Wildman–Crippen LogP) is 3.63. The summed E-state index contributed by atoms with van der Waals surface area (Å²) in [5, 5.41) is 10.0. The molecule has 1 heterocycles. The lowest BCUT2D eigenvalue weighted by Crippen LogP contribution is -2.01. The van der Waals surface area contributed by atoms with E-state index in [4.69, 9.17) is 5.11 Å². The molecule has 0 atom stereocenters. The van der Waals surface area contributed by atoms with Crippen LogP contribution in [0.1, 0.15) is 16.7 Å². The van der Waals surface area contributed by atoms with E-state index < -0.39 is 5.97 Å². The summed E-state index contributed by atoms with van der Waals surface area (Å²) in [4.78, 5) is 10.7. The number of benzene rings is 2. The molecule has 0 radical (unpaired) electrons. The summed E-state index contributed by atoms with van der Waals surface area (Å²) in [5.74, 6) is -0.797. The van der Waals surface area contributed by atoms with E-state index in [1.54, 1.807) is 0 Å². The number of aromatic nitrogens is 1. The fourth-order valence-corrected chi connectivity index (χ4v) is 2.59.